The molecule has 0 saturated carbocycles. The number of benzene rings is 1. The fraction of sp³-hybridized carbons (Fsp3) is 0.556. The molecular formula is C18H26N4O3. The van der Waals surface area contributed by atoms with Crippen LogP contribution in [-0.4, -0.2) is 62.6 Å². The average Bonchev–Trinajstić information content (AvgIpc) is 3.10. The largest absolute Gasteiger partial charge is 0.496 e. The van der Waals surface area contributed by atoms with E-state index in [0.717, 1.165) is 56.3 Å². The second-order valence-corrected chi connectivity index (χ2v) is 6.27. The molecule has 0 spiro atoms. The number of morpholine rings is 1. The minimum absolute atomic E-state index is 0.0576. The van der Waals surface area contributed by atoms with Gasteiger partial charge in [-0.15, -0.1) is 0 Å². The van der Waals surface area contributed by atoms with Gasteiger partial charge in [0.1, 0.15) is 11.9 Å². The van der Waals surface area contributed by atoms with Gasteiger partial charge in [0.05, 0.1) is 26.0 Å². The predicted octanol–water partition coefficient (Wildman–Crippen LogP) is 0.947. The Kier molecular flexibility index (Phi) is 6.25. The lowest BCUT2D eigenvalue weighted by atomic mass is 10.1. The highest BCUT2D eigenvalue weighted by Gasteiger charge is 2.23. The molecule has 2 N–H and O–H groups in total. The molecule has 25 heavy (non-hydrogen) atoms. The van der Waals surface area contributed by atoms with Gasteiger partial charge in [0, 0.05) is 31.5 Å². The summed E-state index contributed by atoms with van der Waals surface area (Å²) in [5.41, 5.74) is 4.86. The average molecular weight is 346 g/mol. The summed E-state index contributed by atoms with van der Waals surface area (Å²) in [7, 11) is 1.65. The number of nitrogens with one attached hydrogen (secondary N) is 2. The first-order valence-corrected chi connectivity index (χ1v) is 8.81. The van der Waals surface area contributed by atoms with Crippen molar-refractivity contribution in [1.82, 2.24) is 15.6 Å². The Morgan fingerprint density at radius 2 is 2.20 bits per heavy atom. The number of nitrogens with zero attached hydrogens (tertiary/aromatic N) is 2. The highest BCUT2D eigenvalue weighted by Crippen LogP contribution is 2.21. The van der Waals surface area contributed by atoms with Gasteiger partial charge in [-0.05, 0) is 25.1 Å². The molecule has 1 unspecified atom stereocenters. The highest BCUT2D eigenvalue weighted by atomic mass is 16.5. The van der Waals surface area contributed by atoms with Gasteiger partial charge < -0.3 is 14.8 Å². The maximum Gasteiger partial charge on any atom is 0.221 e. The van der Waals surface area contributed by atoms with Gasteiger partial charge in [0.25, 0.3) is 0 Å². The minimum Gasteiger partial charge on any atom is -0.496 e. The van der Waals surface area contributed by atoms with Gasteiger partial charge >= 0.3 is 0 Å². The topological polar surface area (TPSA) is 75.2 Å². The monoisotopic (exact) mass is 346 g/mol. The molecular weight excluding hydrogens is 320 g/mol. The van der Waals surface area contributed by atoms with E-state index in [-0.39, 0.29) is 12.1 Å². The van der Waals surface area contributed by atoms with Crippen LogP contribution < -0.4 is 15.5 Å². The number of hydrazone groups is 1. The van der Waals surface area contributed by atoms with Crippen molar-refractivity contribution < 1.29 is 14.3 Å². The number of ether oxygens (including phenoxy) is 2. The van der Waals surface area contributed by atoms with E-state index in [0.29, 0.717) is 12.8 Å². The Hall–Kier alpha value is -2.12. The molecule has 1 fully saturated rings. The van der Waals surface area contributed by atoms with E-state index in [2.05, 4.69) is 20.7 Å². The van der Waals surface area contributed by atoms with E-state index >= 15 is 0 Å². The van der Waals surface area contributed by atoms with Crippen LogP contribution in [0.3, 0.4) is 0 Å². The predicted molar refractivity (Wildman–Crippen MR) is 95.7 cm³/mol. The van der Waals surface area contributed by atoms with Crippen LogP contribution >= 0.6 is 0 Å². The van der Waals surface area contributed by atoms with Crippen LogP contribution in [0.5, 0.6) is 5.75 Å². The number of amides is 1. The number of rotatable bonds is 7. The van der Waals surface area contributed by atoms with E-state index < -0.39 is 0 Å². The molecule has 1 atom stereocenters. The van der Waals surface area contributed by atoms with Crippen molar-refractivity contribution >= 4 is 11.6 Å². The Balaban J connectivity index is 1.40. The maximum atomic E-state index is 12.1. The van der Waals surface area contributed by atoms with Crippen LogP contribution in [0, 0.1) is 0 Å². The van der Waals surface area contributed by atoms with Crippen molar-refractivity contribution in [1.29, 1.82) is 0 Å². The lowest BCUT2D eigenvalue weighted by molar-refractivity contribution is -0.122. The first kappa shape index (κ1) is 17.7. The number of methoxy groups -OCH3 is 1. The van der Waals surface area contributed by atoms with E-state index in [9.17, 15) is 4.79 Å². The number of carbonyl (C=O) groups excluding carboxylic acids is 1. The molecule has 2 aliphatic rings. The quantitative estimate of drug-likeness (QED) is 0.769. The fourth-order valence-electron chi connectivity index (χ4n) is 3.13. The number of carbonyl (C=O) groups is 1. The second kappa shape index (κ2) is 8.82. The highest BCUT2D eigenvalue weighted by molar-refractivity contribution is 6.04. The molecule has 1 saturated heterocycles. The van der Waals surface area contributed by atoms with Crippen LogP contribution in [0.15, 0.2) is 29.4 Å². The summed E-state index contributed by atoms with van der Waals surface area (Å²) < 4.78 is 10.7. The summed E-state index contributed by atoms with van der Waals surface area (Å²) in [5.74, 6) is 0.850. The number of para-hydroxylation sites is 1. The molecule has 0 radical (unpaired) electrons. The van der Waals surface area contributed by atoms with Gasteiger partial charge in [-0.2, -0.15) is 5.10 Å². The Bertz CT molecular complexity index is 614. The van der Waals surface area contributed by atoms with Gasteiger partial charge in [0.15, 0.2) is 0 Å². The summed E-state index contributed by atoms with van der Waals surface area (Å²) in [6.45, 7) is 4.45. The molecule has 2 heterocycles. The van der Waals surface area contributed by atoms with Crippen LogP contribution in [0.1, 0.15) is 24.8 Å². The summed E-state index contributed by atoms with van der Waals surface area (Å²) in [6, 6.07) is 7.78. The Morgan fingerprint density at radius 1 is 1.40 bits per heavy atom. The minimum atomic E-state index is -0.157. The molecule has 1 aromatic rings. The van der Waals surface area contributed by atoms with Crippen molar-refractivity contribution in [3.8, 4) is 5.75 Å². The smallest absolute Gasteiger partial charge is 0.221 e. The molecule has 0 aromatic heterocycles. The molecule has 3 rings (SSSR count). The van der Waals surface area contributed by atoms with Gasteiger partial charge in [-0.1, -0.05) is 12.1 Å². The summed E-state index contributed by atoms with van der Waals surface area (Å²) in [4.78, 5) is 14.5. The summed E-state index contributed by atoms with van der Waals surface area (Å²) in [6.07, 6.45) is 1.88. The van der Waals surface area contributed by atoms with E-state index in [1.54, 1.807) is 7.11 Å². The standard InChI is InChI=1S/C18H26N4O3/c1-24-16-6-3-2-5-14(16)15-13-17(21-20-15)19-18(23)7-4-8-22-9-11-25-12-10-22/h2-3,5-6,17,21H,4,7-13H2,1H3,(H,19,23). The zero-order valence-corrected chi connectivity index (χ0v) is 14.7. The third kappa shape index (κ3) is 4.93. The van der Waals surface area contributed by atoms with Crippen molar-refractivity contribution in [2.24, 2.45) is 5.10 Å². The van der Waals surface area contributed by atoms with Gasteiger partial charge in [0.2, 0.25) is 5.91 Å². The molecule has 2 aliphatic heterocycles. The number of hydrogen-bond acceptors (Lipinski definition) is 6. The SMILES string of the molecule is COc1ccccc1C1=NNC(NC(=O)CCCN2CCOCC2)C1. The molecule has 136 valence electrons. The van der Waals surface area contributed by atoms with Crippen molar-refractivity contribution in [2.75, 3.05) is 40.0 Å². The van der Waals surface area contributed by atoms with E-state index in [1.807, 2.05) is 24.3 Å². The first-order chi connectivity index (χ1) is 12.3. The van der Waals surface area contributed by atoms with Crippen LogP contribution in [-0.2, 0) is 9.53 Å². The fourth-order valence-corrected chi connectivity index (χ4v) is 3.13. The molecule has 1 aromatic carbocycles. The van der Waals surface area contributed by atoms with Gasteiger partial charge in [-0.3, -0.25) is 15.1 Å². The maximum absolute atomic E-state index is 12.1. The van der Waals surface area contributed by atoms with Crippen LogP contribution in [0.4, 0.5) is 0 Å². The van der Waals surface area contributed by atoms with Crippen LogP contribution in [0.25, 0.3) is 0 Å². The molecule has 1 amide bonds. The third-order valence-corrected chi connectivity index (χ3v) is 4.49. The Labute approximate surface area is 148 Å². The molecule has 0 bridgehead atoms. The Morgan fingerprint density at radius 3 is 3.00 bits per heavy atom. The van der Waals surface area contributed by atoms with Crippen LogP contribution in [0.2, 0.25) is 0 Å². The summed E-state index contributed by atoms with van der Waals surface area (Å²) >= 11 is 0. The number of hydrogen-bond donors (Lipinski definition) is 2. The zero-order valence-electron chi connectivity index (χ0n) is 14.7. The normalized spacial score (nSPS) is 20.7. The molecule has 7 nitrogen and oxygen atoms in total. The third-order valence-electron chi connectivity index (χ3n) is 4.49. The van der Waals surface area contributed by atoms with E-state index in [1.165, 1.54) is 0 Å². The van der Waals surface area contributed by atoms with Crippen molar-refractivity contribution in [3.63, 3.8) is 0 Å². The first-order valence-electron chi connectivity index (χ1n) is 8.81. The van der Waals surface area contributed by atoms with Crippen molar-refractivity contribution in [2.45, 2.75) is 25.4 Å². The summed E-state index contributed by atoms with van der Waals surface area (Å²) in [5, 5.41) is 7.36. The lowest BCUT2D eigenvalue weighted by Crippen LogP contribution is -2.41. The lowest BCUT2D eigenvalue weighted by Gasteiger charge is -2.26. The second-order valence-electron chi connectivity index (χ2n) is 6.27. The van der Waals surface area contributed by atoms with Crippen molar-refractivity contribution in [3.05, 3.63) is 29.8 Å². The van der Waals surface area contributed by atoms with E-state index in [4.69, 9.17) is 9.47 Å². The van der Waals surface area contributed by atoms with Gasteiger partial charge in [-0.25, -0.2) is 0 Å². The zero-order chi connectivity index (χ0) is 17.5. The molecule has 0 aliphatic carbocycles. The molecule has 7 heteroatoms.